The Kier molecular flexibility index (Phi) is 1.57. The first kappa shape index (κ1) is 9.46. The lowest BCUT2D eigenvalue weighted by molar-refractivity contribution is -0.142. The SMILES string of the molecule is COC(=O)C1(Cl)C23C=CC=CC21CCC3. The smallest absolute Gasteiger partial charge is 0.328 e. The van der Waals surface area contributed by atoms with Crippen molar-refractivity contribution in [2.24, 2.45) is 10.8 Å². The van der Waals surface area contributed by atoms with Crippen LogP contribution in [0.2, 0.25) is 0 Å². The van der Waals surface area contributed by atoms with Gasteiger partial charge in [0.25, 0.3) is 0 Å². The number of carbonyl (C=O) groups excluding carboxylic acids is 1. The van der Waals surface area contributed by atoms with Crippen LogP contribution in [0.5, 0.6) is 0 Å². The normalized spacial score (nSPS) is 49.7. The zero-order valence-corrected chi connectivity index (χ0v) is 9.38. The van der Waals surface area contributed by atoms with Gasteiger partial charge in [-0.15, -0.1) is 11.6 Å². The molecular formula is C12H13ClO2. The first-order valence-electron chi connectivity index (χ1n) is 5.29. The van der Waals surface area contributed by atoms with E-state index >= 15 is 0 Å². The topological polar surface area (TPSA) is 26.3 Å². The monoisotopic (exact) mass is 224 g/mol. The van der Waals surface area contributed by atoms with Crippen molar-refractivity contribution in [1.29, 1.82) is 0 Å². The van der Waals surface area contributed by atoms with Crippen LogP contribution in [-0.4, -0.2) is 18.0 Å². The van der Waals surface area contributed by atoms with Crippen LogP contribution < -0.4 is 0 Å². The number of rotatable bonds is 1. The number of methoxy groups -OCH3 is 1. The third kappa shape index (κ3) is 0.690. The number of esters is 1. The van der Waals surface area contributed by atoms with Gasteiger partial charge in [-0.1, -0.05) is 30.7 Å². The molecule has 3 rings (SSSR count). The Morgan fingerprint density at radius 3 is 2.27 bits per heavy atom. The molecule has 2 saturated carbocycles. The Hall–Kier alpha value is -0.760. The van der Waals surface area contributed by atoms with Gasteiger partial charge in [0.15, 0.2) is 4.87 Å². The summed E-state index contributed by atoms with van der Waals surface area (Å²) >= 11 is 6.54. The second-order valence-corrected chi connectivity index (χ2v) is 5.23. The molecule has 3 aliphatic carbocycles. The van der Waals surface area contributed by atoms with Crippen molar-refractivity contribution in [3.63, 3.8) is 0 Å². The molecule has 0 amide bonds. The first-order chi connectivity index (χ1) is 7.15. The summed E-state index contributed by atoms with van der Waals surface area (Å²) < 4.78 is 4.86. The van der Waals surface area contributed by atoms with E-state index in [9.17, 15) is 4.79 Å². The number of hydrogen-bond acceptors (Lipinski definition) is 2. The van der Waals surface area contributed by atoms with Gasteiger partial charge in [-0.3, -0.25) is 4.79 Å². The van der Waals surface area contributed by atoms with Gasteiger partial charge in [0.2, 0.25) is 0 Å². The Morgan fingerprint density at radius 2 is 1.80 bits per heavy atom. The molecule has 0 radical (unpaired) electrons. The summed E-state index contributed by atoms with van der Waals surface area (Å²) in [6.45, 7) is 0. The number of halogens is 1. The molecule has 2 fully saturated rings. The van der Waals surface area contributed by atoms with Gasteiger partial charge in [0, 0.05) is 10.8 Å². The fourth-order valence-corrected chi connectivity index (χ4v) is 4.46. The maximum absolute atomic E-state index is 11.8. The van der Waals surface area contributed by atoms with Crippen LogP contribution >= 0.6 is 11.6 Å². The summed E-state index contributed by atoms with van der Waals surface area (Å²) in [5.74, 6) is -0.278. The third-order valence-electron chi connectivity index (χ3n) is 4.44. The fourth-order valence-electron chi connectivity index (χ4n) is 3.78. The molecule has 2 atom stereocenters. The van der Waals surface area contributed by atoms with E-state index < -0.39 is 4.87 Å². The van der Waals surface area contributed by atoms with E-state index in [0.717, 1.165) is 19.3 Å². The second-order valence-electron chi connectivity index (χ2n) is 4.66. The van der Waals surface area contributed by atoms with Crippen LogP contribution in [-0.2, 0) is 9.53 Å². The molecule has 3 aliphatic rings. The van der Waals surface area contributed by atoms with Gasteiger partial charge in [-0.05, 0) is 12.8 Å². The van der Waals surface area contributed by atoms with Crippen LogP contribution in [0.4, 0.5) is 0 Å². The molecule has 0 aromatic rings. The van der Waals surface area contributed by atoms with Gasteiger partial charge >= 0.3 is 5.97 Å². The van der Waals surface area contributed by atoms with Crippen molar-refractivity contribution in [2.75, 3.05) is 7.11 Å². The molecule has 2 unspecified atom stereocenters. The largest absolute Gasteiger partial charge is 0.468 e. The molecule has 2 nitrogen and oxygen atoms in total. The van der Waals surface area contributed by atoms with E-state index in [1.54, 1.807) is 0 Å². The number of allylic oxidation sites excluding steroid dienone is 4. The summed E-state index contributed by atoms with van der Waals surface area (Å²) in [7, 11) is 1.41. The lowest BCUT2D eigenvalue weighted by Crippen LogP contribution is -2.28. The second kappa shape index (κ2) is 2.49. The summed E-state index contributed by atoms with van der Waals surface area (Å²) in [4.78, 5) is 11.0. The van der Waals surface area contributed by atoms with E-state index in [2.05, 4.69) is 12.2 Å². The minimum Gasteiger partial charge on any atom is -0.468 e. The molecule has 0 bridgehead atoms. The quantitative estimate of drug-likeness (QED) is 0.505. The Bertz CT molecular complexity index is 372. The highest BCUT2D eigenvalue weighted by Crippen LogP contribution is 2.85. The maximum atomic E-state index is 11.8. The Morgan fingerprint density at radius 1 is 1.27 bits per heavy atom. The Labute approximate surface area is 93.9 Å². The van der Waals surface area contributed by atoms with Crippen molar-refractivity contribution in [3.05, 3.63) is 24.3 Å². The molecule has 0 saturated heterocycles. The zero-order valence-electron chi connectivity index (χ0n) is 8.63. The maximum Gasteiger partial charge on any atom is 0.328 e. The van der Waals surface area contributed by atoms with E-state index in [-0.39, 0.29) is 16.8 Å². The van der Waals surface area contributed by atoms with Crippen molar-refractivity contribution in [2.45, 2.75) is 24.1 Å². The third-order valence-corrected chi connectivity index (χ3v) is 5.27. The van der Waals surface area contributed by atoms with Crippen molar-refractivity contribution in [3.8, 4) is 0 Å². The van der Waals surface area contributed by atoms with E-state index in [1.165, 1.54) is 7.11 Å². The minimum absolute atomic E-state index is 0.163. The lowest BCUT2D eigenvalue weighted by atomic mass is 9.92. The van der Waals surface area contributed by atoms with Crippen molar-refractivity contribution >= 4 is 17.6 Å². The van der Waals surface area contributed by atoms with E-state index in [0.29, 0.717) is 0 Å². The van der Waals surface area contributed by atoms with Crippen LogP contribution in [0.15, 0.2) is 24.3 Å². The van der Waals surface area contributed by atoms with Crippen LogP contribution in [0.1, 0.15) is 19.3 Å². The molecule has 0 aromatic carbocycles. The molecular weight excluding hydrogens is 212 g/mol. The van der Waals surface area contributed by atoms with Gasteiger partial charge < -0.3 is 4.74 Å². The van der Waals surface area contributed by atoms with Gasteiger partial charge in [0.1, 0.15) is 0 Å². The lowest BCUT2D eigenvalue weighted by Gasteiger charge is -2.15. The summed E-state index contributed by atoms with van der Waals surface area (Å²) in [5, 5.41) is 0. The number of carbonyl (C=O) groups is 1. The van der Waals surface area contributed by atoms with Gasteiger partial charge in [-0.2, -0.15) is 0 Å². The average molecular weight is 225 g/mol. The van der Waals surface area contributed by atoms with Gasteiger partial charge in [0.05, 0.1) is 7.11 Å². The van der Waals surface area contributed by atoms with Crippen molar-refractivity contribution < 1.29 is 9.53 Å². The molecule has 0 heterocycles. The minimum atomic E-state index is -0.837. The fraction of sp³-hybridized carbons (Fsp3) is 0.583. The average Bonchev–Trinajstić information content (AvgIpc) is 2.61. The van der Waals surface area contributed by atoms with E-state index in [4.69, 9.17) is 16.3 Å². The molecule has 3 heteroatoms. The summed E-state index contributed by atoms with van der Waals surface area (Å²) in [6, 6.07) is 0. The summed E-state index contributed by atoms with van der Waals surface area (Å²) in [5.41, 5.74) is -0.327. The van der Waals surface area contributed by atoms with Crippen LogP contribution in [0.25, 0.3) is 0 Å². The summed E-state index contributed by atoms with van der Waals surface area (Å²) in [6.07, 6.45) is 11.3. The van der Waals surface area contributed by atoms with E-state index in [1.807, 2.05) is 12.2 Å². The molecule has 0 N–H and O–H groups in total. The molecule has 80 valence electrons. The van der Waals surface area contributed by atoms with Crippen LogP contribution in [0, 0.1) is 10.8 Å². The highest BCUT2D eigenvalue weighted by Gasteiger charge is 2.90. The van der Waals surface area contributed by atoms with Gasteiger partial charge in [-0.25, -0.2) is 0 Å². The molecule has 0 aliphatic heterocycles. The standard InChI is InChI=1S/C12H13ClO2/c1-15-9(14)12(13)10-5-2-3-6-11(10,12)8-4-7-10/h2-3,5-6H,4,7-8H2,1H3. The first-order valence-corrected chi connectivity index (χ1v) is 5.67. The number of ether oxygens (including phenoxy) is 1. The Balaban J connectivity index is 2.13. The van der Waals surface area contributed by atoms with Crippen LogP contribution in [0.3, 0.4) is 0 Å². The zero-order chi connectivity index (χ0) is 10.7. The highest BCUT2D eigenvalue weighted by molar-refractivity contribution is 6.39. The predicted octanol–water partition coefficient (Wildman–Crippen LogP) is 2.43. The predicted molar refractivity (Wildman–Crippen MR) is 57.6 cm³/mol. The highest BCUT2D eigenvalue weighted by atomic mass is 35.5. The molecule has 15 heavy (non-hydrogen) atoms. The van der Waals surface area contributed by atoms with Crippen molar-refractivity contribution in [1.82, 2.24) is 0 Å². The molecule has 0 aromatic heterocycles. The molecule has 0 spiro atoms. The number of alkyl halides is 1. The number of hydrogen-bond donors (Lipinski definition) is 0.